The molecule has 3 aromatic rings. The van der Waals surface area contributed by atoms with Gasteiger partial charge in [-0.15, -0.1) is 0 Å². The zero-order valence-electron chi connectivity index (χ0n) is 14.4. The summed E-state index contributed by atoms with van der Waals surface area (Å²) in [5, 5.41) is 16.6. The van der Waals surface area contributed by atoms with Gasteiger partial charge in [-0.25, -0.2) is 4.57 Å². The molecule has 0 aliphatic rings. The molecule has 0 spiro atoms. The van der Waals surface area contributed by atoms with Gasteiger partial charge in [0.15, 0.2) is 12.4 Å². The smallest absolute Gasteiger partial charge is 0.269 e. The first kappa shape index (κ1) is 19.9. The van der Waals surface area contributed by atoms with E-state index >= 15 is 0 Å². The third-order valence-electron chi connectivity index (χ3n) is 3.73. The van der Waals surface area contributed by atoms with E-state index in [2.05, 4.69) is 10.6 Å². The molecule has 0 aliphatic carbocycles. The molecule has 0 bridgehead atoms. The van der Waals surface area contributed by atoms with E-state index in [1.807, 2.05) is 42.2 Å². The van der Waals surface area contributed by atoms with E-state index in [1.165, 1.54) is 24.3 Å². The van der Waals surface area contributed by atoms with Gasteiger partial charge in [0.1, 0.15) is 7.05 Å². The standard InChI is InChI=1S/C19H16N4O3.ClH/c1-22-11-9-16(10-12-22)20-17-4-2-3-14(13-17)19(24)21-15-5-7-18(8-6-15)23(25)26;/h2-13H,1H3,(H,21,24);1H. The van der Waals surface area contributed by atoms with Crippen LogP contribution >= 0.6 is 0 Å². The number of rotatable bonds is 5. The van der Waals surface area contributed by atoms with Crippen LogP contribution in [0.4, 0.5) is 22.7 Å². The van der Waals surface area contributed by atoms with Crippen molar-refractivity contribution >= 4 is 28.7 Å². The lowest BCUT2D eigenvalue weighted by Crippen LogP contribution is -3.00. The maximum Gasteiger partial charge on any atom is 0.269 e. The molecule has 8 heteroatoms. The second-order valence-electron chi connectivity index (χ2n) is 5.72. The van der Waals surface area contributed by atoms with Crippen molar-refractivity contribution in [1.82, 2.24) is 0 Å². The average Bonchev–Trinajstić information content (AvgIpc) is 2.64. The molecule has 0 radical (unpaired) electrons. The Hall–Kier alpha value is -3.45. The lowest BCUT2D eigenvalue weighted by molar-refractivity contribution is -0.671. The summed E-state index contributed by atoms with van der Waals surface area (Å²) in [6.45, 7) is 0. The number of benzene rings is 2. The molecule has 0 fully saturated rings. The van der Waals surface area contributed by atoms with Crippen molar-refractivity contribution in [3.63, 3.8) is 0 Å². The molecule has 0 aliphatic heterocycles. The summed E-state index contributed by atoms with van der Waals surface area (Å²) in [6.07, 6.45) is 3.85. The van der Waals surface area contributed by atoms with Gasteiger partial charge in [0.25, 0.3) is 11.6 Å². The zero-order chi connectivity index (χ0) is 18.5. The van der Waals surface area contributed by atoms with Gasteiger partial charge in [-0.2, -0.15) is 0 Å². The quantitative estimate of drug-likeness (QED) is 0.379. The number of aryl methyl sites for hydroxylation is 1. The van der Waals surface area contributed by atoms with Crippen LogP contribution in [0.3, 0.4) is 0 Å². The molecule has 0 saturated heterocycles. The van der Waals surface area contributed by atoms with Crippen LogP contribution in [0, 0.1) is 10.1 Å². The molecule has 0 saturated carbocycles. The molecule has 0 atom stereocenters. The number of aromatic nitrogens is 1. The van der Waals surface area contributed by atoms with Crippen LogP contribution in [-0.4, -0.2) is 10.8 Å². The van der Waals surface area contributed by atoms with Crippen molar-refractivity contribution < 1.29 is 26.7 Å². The van der Waals surface area contributed by atoms with Gasteiger partial charge < -0.3 is 23.0 Å². The molecule has 27 heavy (non-hydrogen) atoms. The van der Waals surface area contributed by atoms with Crippen LogP contribution in [0.25, 0.3) is 0 Å². The monoisotopic (exact) mass is 384 g/mol. The van der Waals surface area contributed by atoms with E-state index in [9.17, 15) is 14.9 Å². The highest BCUT2D eigenvalue weighted by Gasteiger charge is 2.09. The van der Waals surface area contributed by atoms with Crippen molar-refractivity contribution in [2.24, 2.45) is 7.05 Å². The van der Waals surface area contributed by atoms with Crippen molar-refractivity contribution in [2.45, 2.75) is 0 Å². The van der Waals surface area contributed by atoms with Crippen molar-refractivity contribution in [3.8, 4) is 0 Å². The topological polar surface area (TPSA) is 88.2 Å². The first-order valence-electron chi connectivity index (χ1n) is 7.89. The Balaban J connectivity index is 0.00000261. The minimum absolute atomic E-state index is 0. The molecular formula is C19H17ClN4O3. The number of halogens is 1. The van der Waals surface area contributed by atoms with Gasteiger partial charge in [-0.1, -0.05) is 6.07 Å². The highest BCUT2D eigenvalue weighted by molar-refractivity contribution is 6.04. The number of hydrogen-bond donors (Lipinski definition) is 2. The number of hydrogen-bond acceptors (Lipinski definition) is 4. The van der Waals surface area contributed by atoms with Crippen LogP contribution in [0.1, 0.15) is 10.4 Å². The summed E-state index contributed by atoms with van der Waals surface area (Å²) < 4.78 is 1.93. The molecule has 1 amide bonds. The molecule has 1 heterocycles. The van der Waals surface area contributed by atoms with Gasteiger partial charge in [0.2, 0.25) is 0 Å². The molecule has 2 N–H and O–H groups in total. The maximum atomic E-state index is 12.4. The Bertz CT molecular complexity index is 944. The molecular weight excluding hydrogens is 368 g/mol. The fraction of sp³-hybridized carbons (Fsp3) is 0.0526. The largest absolute Gasteiger partial charge is 1.00 e. The number of nitrogens with one attached hydrogen (secondary N) is 2. The Morgan fingerprint density at radius 3 is 2.26 bits per heavy atom. The van der Waals surface area contributed by atoms with Crippen LogP contribution in [-0.2, 0) is 7.05 Å². The normalized spacial score (nSPS) is 9.81. The number of nitro benzene ring substituents is 1. The number of carbonyl (C=O) groups is 1. The van der Waals surface area contributed by atoms with E-state index in [0.717, 1.165) is 11.4 Å². The third-order valence-corrected chi connectivity index (χ3v) is 3.73. The van der Waals surface area contributed by atoms with Crippen molar-refractivity contribution in [1.29, 1.82) is 0 Å². The molecule has 138 valence electrons. The predicted molar refractivity (Wildman–Crippen MR) is 98.4 cm³/mol. The van der Waals surface area contributed by atoms with Crippen LogP contribution < -0.4 is 27.6 Å². The number of pyridine rings is 1. The Kier molecular flexibility index (Phi) is 6.46. The number of non-ortho nitro benzene ring substituents is 1. The summed E-state index contributed by atoms with van der Waals surface area (Å²) >= 11 is 0. The summed E-state index contributed by atoms with van der Waals surface area (Å²) in [4.78, 5) is 22.6. The van der Waals surface area contributed by atoms with Crippen molar-refractivity contribution in [2.75, 3.05) is 10.6 Å². The van der Waals surface area contributed by atoms with Crippen LogP contribution in [0.15, 0.2) is 73.1 Å². The average molecular weight is 385 g/mol. The minimum Gasteiger partial charge on any atom is -1.00 e. The number of nitro groups is 1. The van der Waals surface area contributed by atoms with E-state index < -0.39 is 4.92 Å². The first-order chi connectivity index (χ1) is 12.5. The second-order valence-corrected chi connectivity index (χ2v) is 5.72. The Morgan fingerprint density at radius 2 is 1.63 bits per heavy atom. The van der Waals surface area contributed by atoms with Crippen LogP contribution in [0.5, 0.6) is 0 Å². The highest BCUT2D eigenvalue weighted by atomic mass is 35.5. The maximum absolute atomic E-state index is 12.4. The summed E-state index contributed by atoms with van der Waals surface area (Å²) in [7, 11) is 1.94. The highest BCUT2D eigenvalue weighted by Crippen LogP contribution is 2.19. The molecule has 3 rings (SSSR count). The fourth-order valence-corrected chi connectivity index (χ4v) is 2.36. The molecule has 1 aromatic heterocycles. The van der Waals surface area contributed by atoms with E-state index in [4.69, 9.17) is 0 Å². The Labute approximate surface area is 162 Å². The number of anilines is 3. The van der Waals surface area contributed by atoms with Gasteiger partial charge >= 0.3 is 0 Å². The lowest BCUT2D eigenvalue weighted by atomic mass is 10.1. The van der Waals surface area contributed by atoms with E-state index in [0.29, 0.717) is 11.3 Å². The first-order valence-corrected chi connectivity index (χ1v) is 7.89. The Morgan fingerprint density at radius 1 is 0.963 bits per heavy atom. The zero-order valence-corrected chi connectivity index (χ0v) is 15.2. The predicted octanol–water partition coefficient (Wildman–Crippen LogP) is 0.419. The molecule has 0 unspecified atom stereocenters. The van der Waals surface area contributed by atoms with E-state index in [-0.39, 0.29) is 24.0 Å². The second kappa shape index (κ2) is 8.77. The number of amides is 1. The SMILES string of the molecule is C[n+]1ccc(Nc2cccc(C(=O)Nc3ccc([N+](=O)[O-])cc3)c2)cc1.[Cl-]. The minimum atomic E-state index is -0.482. The van der Waals surface area contributed by atoms with Gasteiger partial charge in [0, 0.05) is 41.2 Å². The fourth-order valence-electron chi connectivity index (χ4n) is 2.36. The molecule has 2 aromatic carbocycles. The third kappa shape index (κ3) is 5.26. The van der Waals surface area contributed by atoms with Crippen LogP contribution in [0.2, 0.25) is 0 Å². The van der Waals surface area contributed by atoms with Gasteiger partial charge in [-0.05, 0) is 30.3 Å². The summed E-state index contributed by atoms with van der Waals surface area (Å²) in [5.41, 5.74) is 2.65. The van der Waals surface area contributed by atoms with E-state index in [1.54, 1.807) is 18.2 Å². The number of nitrogens with zero attached hydrogens (tertiary/aromatic N) is 2. The number of carbonyl (C=O) groups excluding carboxylic acids is 1. The van der Waals surface area contributed by atoms with Gasteiger partial charge in [-0.3, -0.25) is 14.9 Å². The lowest BCUT2D eigenvalue weighted by Gasteiger charge is -2.09. The molecule has 7 nitrogen and oxygen atoms in total. The summed E-state index contributed by atoms with van der Waals surface area (Å²) in [6, 6.07) is 16.7. The van der Waals surface area contributed by atoms with Crippen molar-refractivity contribution in [3.05, 3.63) is 88.7 Å². The summed E-state index contributed by atoms with van der Waals surface area (Å²) in [5.74, 6) is -0.290. The van der Waals surface area contributed by atoms with Gasteiger partial charge in [0.05, 0.1) is 10.6 Å².